The van der Waals surface area contributed by atoms with E-state index in [4.69, 9.17) is 4.74 Å². The van der Waals surface area contributed by atoms with E-state index >= 15 is 0 Å². The van der Waals surface area contributed by atoms with Crippen LogP contribution in [-0.2, 0) is 0 Å². The van der Waals surface area contributed by atoms with Crippen molar-refractivity contribution < 1.29 is 19.0 Å². The number of carboxylic acids is 1. The first kappa shape index (κ1) is 14.7. The molecule has 116 valence electrons. The molecule has 1 heterocycles. The van der Waals surface area contributed by atoms with Crippen LogP contribution in [0.15, 0.2) is 48.5 Å². The van der Waals surface area contributed by atoms with Gasteiger partial charge in [0.25, 0.3) is 0 Å². The average molecular weight is 313 g/mol. The van der Waals surface area contributed by atoms with E-state index in [1.54, 1.807) is 30.3 Å². The van der Waals surface area contributed by atoms with Crippen LogP contribution in [0.4, 0.5) is 4.39 Å². The number of rotatable bonds is 4. The van der Waals surface area contributed by atoms with E-state index in [0.717, 1.165) is 0 Å². The Balaban J connectivity index is 2.21. The molecule has 23 heavy (non-hydrogen) atoms. The molecule has 1 aromatic heterocycles. The van der Waals surface area contributed by atoms with Crippen LogP contribution in [0.3, 0.4) is 0 Å². The van der Waals surface area contributed by atoms with E-state index in [2.05, 4.69) is 10.3 Å². The van der Waals surface area contributed by atoms with Gasteiger partial charge < -0.3 is 9.84 Å². The Morgan fingerprint density at radius 2 is 1.96 bits per heavy atom. The number of carboxylic acid groups (broad SMARTS) is 1. The summed E-state index contributed by atoms with van der Waals surface area (Å²) in [6.07, 6.45) is 0. The summed E-state index contributed by atoms with van der Waals surface area (Å²) >= 11 is 0. The van der Waals surface area contributed by atoms with Crippen LogP contribution >= 0.6 is 0 Å². The maximum absolute atomic E-state index is 13.9. The highest BCUT2D eigenvalue weighted by atomic mass is 19.1. The third-order valence-corrected chi connectivity index (χ3v) is 3.30. The average Bonchev–Trinajstić information content (AvgIpc) is 3.00. The molecule has 2 aromatic carbocycles. The zero-order valence-electron chi connectivity index (χ0n) is 12.1. The SMILES string of the molecule is COc1ccc(-n2nnc(C(=O)O)c2-c2ccccc2)cc1F. The summed E-state index contributed by atoms with van der Waals surface area (Å²) in [5, 5.41) is 16.9. The van der Waals surface area contributed by atoms with Crippen molar-refractivity contribution in [2.24, 2.45) is 0 Å². The summed E-state index contributed by atoms with van der Waals surface area (Å²) in [5.74, 6) is -1.69. The van der Waals surface area contributed by atoms with Crippen molar-refractivity contribution in [3.8, 4) is 22.7 Å². The van der Waals surface area contributed by atoms with Crippen molar-refractivity contribution >= 4 is 5.97 Å². The lowest BCUT2D eigenvalue weighted by molar-refractivity contribution is 0.0691. The van der Waals surface area contributed by atoms with Crippen LogP contribution in [0.25, 0.3) is 16.9 Å². The van der Waals surface area contributed by atoms with Crippen LogP contribution in [0.2, 0.25) is 0 Å². The summed E-state index contributed by atoms with van der Waals surface area (Å²) in [6, 6.07) is 13.1. The van der Waals surface area contributed by atoms with Crippen molar-refractivity contribution in [3.05, 3.63) is 60.0 Å². The van der Waals surface area contributed by atoms with Crippen molar-refractivity contribution in [2.45, 2.75) is 0 Å². The zero-order valence-corrected chi connectivity index (χ0v) is 12.1. The fourth-order valence-electron chi connectivity index (χ4n) is 2.25. The van der Waals surface area contributed by atoms with E-state index in [9.17, 15) is 14.3 Å². The van der Waals surface area contributed by atoms with Crippen molar-refractivity contribution in [1.82, 2.24) is 15.0 Å². The maximum atomic E-state index is 13.9. The predicted octanol–water partition coefficient (Wildman–Crippen LogP) is 2.78. The molecule has 0 atom stereocenters. The molecule has 0 saturated carbocycles. The molecule has 0 fully saturated rings. The van der Waals surface area contributed by atoms with E-state index in [1.165, 1.54) is 23.9 Å². The minimum absolute atomic E-state index is 0.0913. The molecule has 0 saturated heterocycles. The Morgan fingerprint density at radius 1 is 1.22 bits per heavy atom. The lowest BCUT2D eigenvalue weighted by Crippen LogP contribution is -2.03. The normalized spacial score (nSPS) is 10.5. The summed E-state index contributed by atoms with van der Waals surface area (Å²) in [4.78, 5) is 11.4. The highest BCUT2D eigenvalue weighted by Crippen LogP contribution is 2.27. The van der Waals surface area contributed by atoms with Crippen molar-refractivity contribution in [2.75, 3.05) is 7.11 Å². The van der Waals surface area contributed by atoms with Gasteiger partial charge in [-0.05, 0) is 12.1 Å². The number of hydrogen-bond acceptors (Lipinski definition) is 4. The molecule has 3 rings (SSSR count). The van der Waals surface area contributed by atoms with Crippen LogP contribution in [-0.4, -0.2) is 33.2 Å². The van der Waals surface area contributed by atoms with Gasteiger partial charge in [-0.2, -0.15) is 0 Å². The van der Waals surface area contributed by atoms with Crippen LogP contribution in [0.1, 0.15) is 10.5 Å². The molecule has 0 aliphatic carbocycles. The smallest absolute Gasteiger partial charge is 0.358 e. The van der Waals surface area contributed by atoms with E-state index < -0.39 is 11.8 Å². The van der Waals surface area contributed by atoms with Crippen LogP contribution < -0.4 is 4.74 Å². The van der Waals surface area contributed by atoms with Crippen molar-refractivity contribution in [1.29, 1.82) is 0 Å². The van der Waals surface area contributed by atoms with Gasteiger partial charge in [-0.3, -0.25) is 0 Å². The first-order chi connectivity index (χ1) is 11.1. The van der Waals surface area contributed by atoms with E-state index in [-0.39, 0.29) is 17.1 Å². The molecule has 3 aromatic rings. The highest BCUT2D eigenvalue weighted by Gasteiger charge is 2.21. The minimum atomic E-state index is -1.20. The molecule has 0 aliphatic rings. The fraction of sp³-hybridized carbons (Fsp3) is 0.0625. The van der Waals surface area contributed by atoms with Gasteiger partial charge in [0.05, 0.1) is 12.8 Å². The summed E-state index contributed by atoms with van der Waals surface area (Å²) in [6.45, 7) is 0. The number of aromatic nitrogens is 3. The number of nitrogens with zero attached hydrogens (tertiary/aromatic N) is 3. The number of benzene rings is 2. The largest absolute Gasteiger partial charge is 0.494 e. The first-order valence-corrected chi connectivity index (χ1v) is 6.70. The topological polar surface area (TPSA) is 77.2 Å². The number of ether oxygens (including phenoxy) is 1. The lowest BCUT2D eigenvalue weighted by Gasteiger charge is -2.09. The van der Waals surface area contributed by atoms with Gasteiger partial charge in [0.1, 0.15) is 5.69 Å². The molecule has 0 aliphatic heterocycles. The molecule has 0 amide bonds. The predicted molar refractivity (Wildman–Crippen MR) is 80.3 cm³/mol. The van der Waals surface area contributed by atoms with Gasteiger partial charge in [-0.25, -0.2) is 13.9 Å². The zero-order chi connectivity index (χ0) is 16.4. The van der Waals surface area contributed by atoms with Crippen molar-refractivity contribution in [3.63, 3.8) is 0 Å². The molecule has 0 spiro atoms. The molecular weight excluding hydrogens is 301 g/mol. The number of methoxy groups -OCH3 is 1. The van der Waals surface area contributed by atoms with E-state index in [0.29, 0.717) is 11.3 Å². The second-order valence-corrected chi connectivity index (χ2v) is 4.69. The number of hydrogen-bond donors (Lipinski definition) is 1. The van der Waals surface area contributed by atoms with Gasteiger partial charge in [-0.15, -0.1) is 5.10 Å². The Hall–Kier alpha value is -3.22. The second-order valence-electron chi connectivity index (χ2n) is 4.69. The monoisotopic (exact) mass is 313 g/mol. The molecular formula is C16H12FN3O3. The van der Waals surface area contributed by atoms with Gasteiger partial charge in [0.15, 0.2) is 17.3 Å². The fourth-order valence-corrected chi connectivity index (χ4v) is 2.25. The summed E-state index contributed by atoms with van der Waals surface area (Å²) in [5.41, 5.74) is 1.04. The Kier molecular flexibility index (Phi) is 3.76. The Labute approximate surface area is 130 Å². The van der Waals surface area contributed by atoms with Gasteiger partial charge >= 0.3 is 5.97 Å². The first-order valence-electron chi connectivity index (χ1n) is 6.70. The number of carbonyl (C=O) groups is 1. The molecule has 0 unspecified atom stereocenters. The summed E-state index contributed by atoms with van der Waals surface area (Å²) in [7, 11) is 1.37. The highest BCUT2D eigenvalue weighted by molar-refractivity contribution is 5.93. The number of halogens is 1. The van der Waals surface area contributed by atoms with Crippen LogP contribution in [0.5, 0.6) is 5.75 Å². The van der Waals surface area contributed by atoms with Gasteiger partial charge in [0, 0.05) is 11.6 Å². The maximum Gasteiger partial charge on any atom is 0.358 e. The third kappa shape index (κ3) is 2.64. The lowest BCUT2D eigenvalue weighted by atomic mass is 10.1. The number of aromatic carboxylic acids is 1. The molecule has 6 nitrogen and oxygen atoms in total. The molecule has 0 radical (unpaired) electrons. The van der Waals surface area contributed by atoms with Gasteiger partial charge in [0.2, 0.25) is 0 Å². The van der Waals surface area contributed by atoms with E-state index in [1.807, 2.05) is 6.07 Å². The summed E-state index contributed by atoms with van der Waals surface area (Å²) < 4.78 is 20.1. The quantitative estimate of drug-likeness (QED) is 0.801. The Bertz CT molecular complexity index is 862. The van der Waals surface area contributed by atoms with Crippen LogP contribution in [0, 0.1) is 5.82 Å². The molecule has 1 N–H and O–H groups in total. The standard InChI is InChI=1S/C16H12FN3O3/c1-23-13-8-7-11(9-12(13)17)20-15(10-5-3-2-4-6-10)14(16(21)22)18-19-20/h2-9H,1H3,(H,21,22). The molecule has 0 bridgehead atoms. The molecule has 7 heteroatoms. The minimum Gasteiger partial charge on any atom is -0.494 e. The Morgan fingerprint density at radius 3 is 2.57 bits per heavy atom. The van der Waals surface area contributed by atoms with Gasteiger partial charge in [-0.1, -0.05) is 35.5 Å². The third-order valence-electron chi connectivity index (χ3n) is 3.30. The second kappa shape index (κ2) is 5.88.